The first-order valence-electron chi connectivity index (χ1n) is 5.82. The second-order valence-corrected chi connectivity index (χ2v) is 4.28. The first-order valence-corrected chi connectivity index (χ1v) is 5.82. The molecule has 1 unspecified atom stereocenters. The first-order chi connectivity index (χ1) is 8.20. The lowest BCUT2D eigenvalue weighted by molar-refractivity contribution is -0.123. The van der Waals surface area contributed by atoms with Crippen molar-refractivity contribution in [3.63, 3.8) is 0 Å². The molecule has 1 fully saturated rings. The molecule has 17 heavy (non-hydrogen) atoms. The Bertz CT molecular complexity index is 396. The van der Waals surface area contributed by atoms with E-state index in [-0.39, 0.29) is 11.8 Å². The summed E-state index contributed by atoms with van der Waals surface area (Å²) < 4.78 is 6.94. The molecule has 1 atom stereocenters. The molecule has 0 aromatic carbocycles. The van der Waals surface area contributed by atoms with Crippen molar-refractivity contribution in [3.8, 4) is 0 Å². The number of aromatic nitrogens is 2. The summed E-state index contributed by atoms with van der Waals surface area (Å²) in [6.45, 7) is 1.61. The van der Waals surface area contributed by atoms with Crippen molar-refractivity contribution in [1.29, 1.82) is 0 Å². The topological polar surface area (TPSA) is 82.2 Å². The van der Waals surface area contributed by atoms with E-state index in [0.717, 1.165) is 25.0 Å². The fraction of sp³-hybridized carbons (Fsp3) is 0.636. The number of carbonyl (C=O) groups excluding carboxylic acids is 1. The van der Waals surface area contributed by atoms with Crippen LogP contribution < -0.4 is 11.1 Å². The third-order valence-electron chi connectivity index (χ3n) is 2.90. The Hall–Kier alpha value is -1.40. The number of anilines is 1. The van der Waals surface area contributed by atoms with Crippen molar-refractivity contribution < 1.29 is 9.53 Å². The zero-order valence-corrected chi connectivity index (χ0v) is 9.98. The lowest BCUT2D eigenvalue weighted by Crippen LogP contribution is -2.30. The Labute approximate surface area is 100 Å². The monoisotopic (exact) mass is 238 g/mol. The summed E-state index contributed by atoms with van der Waals surface area (Å²) in [6, 6.07) is 0. The number of rotatable bonds is 3. The summed E-state index contributed by atoms with van der Waals surface area (Å²) in [5.74, 6) is 0.458. The molecule has 1 aromatic heterocycles. The summed E-state index contributed by atoms with van der Waals surface area (Å²) in [6.07, 6.45) is 3.62. The average molecular weight is 238 g/mol. The Morgan fingerprint density at radius 1 is 1.76 bits per heavy atom. The number of nitrogens with two attached hydrogens (primary N) is 1. The highest BCUT2D eigenvalue weighted by molar-refractivity contribution is 5.92. The maximum Gasteiger partial charge on any atom is 0.231 e. The SMILES string of the molecule is Cn1cc(CN)c(NC(=O)C2CCCOC2)n1. The molecule has 6 heteroatoms. The molecule has 3 N–H and O–H groups in total. The maximum absolute atomic E-state index is 12.0. The predicted octanol–water partition coefficient (Wildman–Crippen LogP) is 0.244. The van der Waals surface area contributed by atoms with E-state index in [1.165, 1.54) is 0 Å². The van der Waals surface area contributed by atoms with Crippen molar-refractivity contribution in [2.24, 2.45) is 18.7 Å². The van der Waals surface area contributed by atoms with Crippen molar-refractivity contribution >= 4 is 11.7 Å². The average Bonchev–Trinajstić information content (AvgIpc) is 2.70. The number of nitrogens with one attached hydrogen (secondary N) is 1. The second kappa shape index (κ2) is 5.29. The van der Waals surface area contributed by atoms with Crippen molar-refractivity contribution in [2.75, 3.05) is 18.5 Å². The smallest absolute Gasteiger partial charge is 0.231 e. The summed E-state index contributed by atoms with van der Waals surface area (Å²) in [5.41, 5.74) is 6.43. The van der Waals surface area contributed by atoms with Crippen molar-refractivity contribution in [2.45, 2.75) is 19.4 Å². The van der Waals surface area contributed by atoms with E-state index < -0.39 is 0 Å². The highest BCUT2D eigenvalue weighted by atomic mass is 16.5. The van der Waals surface area contributed by atoms with E-state index in [0.29, 0.717) is 19.0 Å². The van der Waals surface area contributed by atoms with Crippen LogP contribution in [-0.2, 0) is 23.1 Å². The normalized spacial score (nSPS) is 20.2. The molecule has 0 saturated carbocycles. The van der Waals surface area contributed by atoms with E-state index >= 15 is 0 Å². The Kier molecular flexibility index (Phi) is 3.75. The molecule has 2 rings (SSSR count). The van der Waals surface area contributed by atoms with E-state index in [1.807, 2.05) is 6.20 Å². The molecule has 2 heterocycles. The number of aryl methyl sites for hydroxylation is 1. The van der Waals surface area contributed by atoms with Gasteiger partial charge in [0, 0.05) is 32.0 Å². The molecule has 0 radical (unpaired) electrons. The predicted molar refractivity (Wildman–Crippen MR) is 63.3 cm³/mol. The van der Waals surface area contributed by atoms with Gasteiger partial charge in [0.2, 0.25) is 5.91 Å². The van der Waals surface area contributed by atoms with Crippen LogP contribution in [0.5, 0.6) is 0 Å². The second-order valence-electron chi connectivity index (χ2n) is 4.28. The molecule has 6 nitrogen and oxygen atoms in total. The number of hydrogen-bond acceptors (Lipinski definition) is 4. The van der Waals surface area contributed by atoms with Gasteiger partial charge in [-0.15, -0.1) is 0 Å². The quantitative estimate of drug-likeness (QED) is 0.790. The molecule has 1 aliphatic heterocycles. The van der Waals surface area contributed by atoms with E-state index in [4.69, 9.17) is 10.5 Å². The van der Waals surface area contributed by atoms with Crippen molar-refractivity contribution in [3.05, 3.63) is 11.8 Å². The van der Waals surface area contributed by atoms with Crippen LogP contribution in [0.2, 0.25) is 0 Å². The van der Waals surface area contributed by atoms with Gasteiger partial charge in [0.15, 0.2) is 5.82 Å². The largest absolute Gasteiger partial charge is 0.381 e. The standard InChI is InChI=1S/C11H18N4O2/c1-15-6-9(5-12)10(14-15)13-11(16)8-3-2-4-17-7-8/h6,8H,2-5,7,12H2,1H3,(H,13,14,16). The van der Waals surface area contributed by atoms with Gasteiger partial charge in [-0.25, -0.2) is 0 Å². The minimum Gasteiger partial charge on any atom is -0.381 e. The minimum atomic E-state index is -0.0728. The van der Waals surface area contributed by atoms with Gasteiger partial charge in [0.05, 0.1) is 12.5 Å². The van der Waals surface area contributed by atoms with Gasteiger partial charge in [-0.3, -0.25) is 9.48 Å². The fourth-order valence-electron chi connectivity index (χ4n) is 1.96. The lowest BCUT2D eigenvalue weighted by atomic mass is 10.0. The molecule has 1 aliphatic rings. The number of carbonyl (C=O) groups is 1. The van der Waals surface area contributed by atoms with E-state index in [9.17, 15) is 4.79 Å². The molecular weight excluding hydrogens is 220 g/mol. The third-order valence-corrected chi connectivity index (χ3v) is 2.90. The van der Waals surface area contributed by atoms with Gasteiger partial charge < -0.3 is 15.8 Å². The van der Waals surface area contributed by atoms with Crippen LogP contribution in [-0.4, -0.2) is 28.9 Å². The van der Waals surface area contributed by atoms with Crippen LogP contribution in [0.1, 0.15) is 18.4 Å². The number of hydrogen-bond donors (Lipinski definition) is 2. The van der Waals surface area contributed by atoms with Gasteiger partial charge in [-0.1, -0.05) is 0 Å². The Morgan fingerprint density at radius 2 is 2.59 bits per heavy atom. The minimum absolute atomic E-state index is 0.0295. The molecule has 0 bridgehead atoms. The molecule has 94 valence electrons. The Balaban J connectivity index is 2.01. The third kappa shape index (κ3) is 2.83. The highest BCUT2D eigenvalue weighted by Gasteiger charge is 2.23. The summed E-state index contributed by atoms with van der Waals surface area (Å²) >= 11 is 0. The first kappa shape index (κ1) is 12.1. The number of amides is 1. The van der Waals surface area contributed by atoms with Gasteiger partial charge in [0.1, 0.15) is 0 Å². The lowest BCUT2D eigenvalue weighted by Gasteiger charge is -2.20. The molecule has 0 spiro atoms. The Morgan fingerprint density at radius 3 is 3.24 bits per heavy atom. The number of nitrogens with zero attached hydrogens (tertiary/aromatic N) is 2. The molecule has 1 aromatic rings. The van der Waals surface area contributed by atoms with Gasteiger partial charge >= 0.3 is 0 Å². The zero-order valence-electron chi connectivity index (χ0n) is 9.98. The summed E-state index contributed by atoms with van der Waals surface area (Å²) in [4.78, 5) is 12.0. The zero-order chi connectivity index (χ0) is 12.3. The van der Waals surface area contributed by atoms with Crippen LogP contribution in [0.25, 0.3) is 0 Å². The molecule has 0 aliphatic carbocycles. The summed E-state index contributed by atoms with van der Waals surface area (Å²) in [5, 5.41) is 7.00. The molecular formula is C11H18N4O2. The van der Waals surface area contributed by atoms with Crippen LogP contribution in [0.3, 0.4) is 0 Å². The maximum atomic E-state index is 12.0. The van der Waals surface area contributed by atoms with Gasteiger partial charge in [0.25, 0.3) is 0 Å². The molecule has 1 saturated heterocycles. The van der Waals surface area contributed by atoms with Gasteiger partial charge in [-0.2, -0.15) is 5.10 Å². The van der Waals surface area contributed by atoms with Crippen LogP contribution >= 0.6 is 0 Å². The van der Waals surface area contributed by atoms with E-state index in [2.05, 4.69) is 10.4 Å². The molecule has 1 amide bonds. The van der Waals surface area contributed by atoms with Crippen LogP contribution in [0.4, 0.5) is 5.82 Å². The van der Waals surface area contributed by atoms with E-state index in [1.54, 1.807) is 11.7 Å². The van der Waals surface area contributed by atoms with Gasteiger partial charge in [-0.05, 0) is 12.8 Å². The van der Waals surface area contributed by atoms with Crippen molar-refractivity contribution in [1.82, 2.24) is 9.78 Å². The number of ether oxygens (including phenoxy) is 1. The highest BCUT2D eigenvalue weighted by Crippen LogP contribution is 2.17. The summed E-state index contributed by atoms with van der Waals surface area (Å²) in [7, 11) is 1.80. The van der Waals surface area contributed by atoms with Crippen LogP contribution in [0, 0.1) is 5.92 Å². The fourth-order valence-corrected chi connectivity index (χ4v) is 1.96. The van der Waals surface area contributed by atoms with Crippen LogP contribution in [0.15, 0.2) is 6.20 Å².